The summed E-state index contributed by atoms with van der Waals surface area (Å²) in [5.41, 5.74) is 3.44. The number of ether oxygens (including phenoxy) is 2. The van der Waals surface area contributed by atoms with Crippen molar-refractivity contribution in [3.05, 3.63) is 65.4 Å². The Morgan fingerprint density at radius 2 is 1.84 bits per heavy atom. The van der Waals surface area contributed by atoms with Crippen LogP contribution in [0.2, 0.25) is 0 Å². The number of benzene rings is 2. The van der Waals surface area contributed by atoms with Crippen molar-refractivity contribution in [3.63, 3.8) is 0 Å². The Morgan fingerprint density at radius 1 is 1.13 bits per heavy atom. The molecule has 1 amide bonds. The van der Waals surface area contributed by atoms with Gasteiger partial charge in [-0.3, -0.25) is 9.59 Å². The van der Waals surface area contributed by atoms with Crippen LogP contribution in [0, 0.1) is 0 Å². The molecule has 0 saturated heterocycles. The van der Waals surface area contributed by atoms with E-state index in [1.165, 1.54) is 18.9 Å². The van der Waals surface area contributed by atoms with Crippen molar-refractivity contribution in [3.8, 4) is 5.75 Å². The minimum Gasteiger partial charge on any atom is -0.467 e. The molecule has 1 aliphatic heterocycles. The van der Waals surface area contributed by atoms with E-state index in [1.54, 1.807) is 24.3 Å². The largest absolute Gasteiger partial charge is 0.467 e. The zero-order valence-corrected chi connectivity index (χ0v) is 17.8. The topological polar surface area (TPSA) is 88.7 Å². The Bertz CT molecular complexity index is 1150. The van der Waals surface area contributed by atoms with Crippen LogP contribution in [0.1, 0.15) is 29.8 Å². The summed E-state index contributed by atoms with van der Waals surface area (Å²) in [5, 5.41) is 0.992. The fraction of sp³-hybridized carbons (Fsp3) is 0.261. The van der Waals surface area contributed by atoms with Crippen molar-refractivity contribution in [2.24, 2.45) is 0 Å². The third-order valence-electron chi connectivity index (χ3n) is 5.46. The van der Waals surface area contributed by atoms with Gasteiger partial charge >= 0.3 is 11.9 Å². The molecule has 160 valence electrons. The molecule has 2 atom stereocenters. The van der Waals surface area contributed by atoms with E-state index in [2.05, 4.69) is 4.98 Å². The Balaban J connectivity index is 1.90. The van der Waals surface area contributed by atoms with Crippen molar-refractivity contribution in [1.29, 1.82) is 0 Å². The predicted octanol–water partition coefficient (Wildman–Crippen LogP) is 3.35. The van der Waals surface area contributed by atoms with E-state index in [-0.39, 0.29) is 11.8 Å². The van der Waals surface area contributed by atoms with E-state index in [0.29, 0.717) is 12.2 Å². The van der Waals surface area contributed by atoms with Gasteiger partial charge in [-0.05, 0) is 29.3 Å². The fourth-order valence-electron chi connectivity index (χ4n) is 4.22. The van der Waals surface area contributed by atoms with Crippen LogP contribution in [-0.4, -0.2) is 46.8 Å². The molecule has 31 heavy (non-hydrogen) atoms. The summed E-state index contributed by atoms with van der Waals surface area (Å²) < 4.78 is 10.1. The van der Waals surface area contributed by atoms with Gasteiger partial charge in [-0.1, -0.05) is 30.3 Å². The molecule has 7 nitrogen and oxygen atoms in total. The number of fused-ring (bicyclic) bond motifs is 3. The number of hydrogen-bond acceptors (Lipinski definition) is 5. The van der Waals surface area contributed by atoms with Gasteiger partial charge in [0.1, 0.15) is 17.7 Å². The molecule has 0 spiro atoms. The highest BCUT2D eigenvalue weighted by molar-refractivity contribution is 6.27. The minimum atomic E-state index is -0.818. The second kappa shape index (κ2) is 8.43. The number of nitrogens with zero attached hydrogens (tertiary/aromatic N) is 1. The Morgan fingerprint density at radius 3 is 2.48 bits per heavy atom. The summed E-state index contributed by atoms with van der Waals surface area (Å²) in [6, 6.07) is 13.2. The summed E-state index contributed by atoms with van der Waals surface area (Å²) in [4.78, 5) is 41.8. The van der Waals surface area contributed by atoms with Crippen LogP contribution >= 0.6 is 11.6 Å². The van der Waals surface area contributed by atoms with E-state index in [0.717, 1.165) is 27.7 Å². The van der Waals surface area contributed by atoms with E-state index < -0.39 is 24.0 Å². The van der Waals surface area contributed by atoms with E-state index >= 15 is 0 Å². The molecule has 0 unspecified atom stereocenters. The first-order chi connectivity index (χ1) is 14.9. The van der Waals surface area contributed by atoms with E-state index in [1.807, 2.05) is 24.3 Å². The number of carbonyl (C=O) groups is 3. The zero-order valence-electron chi connectivity index (χ0n) is 17.1. The predicted molar refractivity (Wildman–Crippen MR) is 115 cm³/mol. The first kappa shape index (κ1) is 20.9. The fourth-order valence-corrected chi connectivity index (χ4v) is 4.35. The highest BCUT2D eigenvalue weighted by Crippen LogP contribution is 2.41. The SMILES string of the molecule is COC(=O)[C@H]1Cc2c([nH]c3ccccc23)[C@H](c2ccc(OC(C)=O)cc2)N1C(=O)CCl. The van der Waals surface area contributed by atoms with Crippen molar-refractivity contribution >= 4 is 40.3 Å². The summed E-state index contributed by atoms with van der Waals surface area (Å²) in [5.74, 6) is -1.19. The summed E-state index contributed by atoms with van der Waals surface area (Å²) in [6.07, 6.45) is 0.316. The molecule has 2 aromatic carbocycles. The Hall–Kier alpha value is -3.32. The quantitative estimate of drug-likeness (QED) is 0.382. The maximum Gasteiger partial charge on any atom is 0.328 e. The standard InChI is InChI=1S/C23H21ClN2O5/c1-13(27)31-15-9-7-14(8-10-15)22-21-17(16-5-3-4-6-18(16)25-21)11-19(23(29)30-2)26(22)20(28)12-24/h3-10,19,22,25H,11-12H2,1-2H3/t19-,22+/m1/s1. The molecule has 3 aromatic rings. The monoisotopic (exact) mass is 440 g/mol. The van der Waals surface area contributed by atoms with Gasteiger partial charge in [-0.25, -0.2) is 4.79 Å². The van der Waals surface area contributed by atoms with E-state index in [4.69, 9.17) is 21.1 Å². The lowest BCUT2D eigenvalue weighted by molar-refractivity contribution is -0.154. The molecule has 0 bridgehead atoms. The highest BCUT2D eigenvalue weighted by atomic mass is 35.5. The maximum absolute atomic E-state index is 12.9. The lowest BCUT2D eigenvalue weighted by Gasteiger charge is -2.40. The third-order valence-corrected chi connectivity index (χ3v) is 5.69. The molecular weight excluding hydrogens is 420 g/mol. The van der Waals surface area contributed by atoms with Crippen LogP contribution in [-0.2, 0) is 25.5 Å². The van der Waals surface area contributed by atoms with Gasteiger partial charge in [-0.15, -0.1) is 11.6 Å². The van der Waals surface area contributed by atoms with Gasteiger partial charge in [0.15, 0.2) is 0 Å². The second-order valence-corrected chi connectivity index (χ2v) is 7.57. The summed E-state index contributed by atoms with van der Waals surface area (Å²) >= 11 is 5.93. The van der Waals surface area contributed by atoms with E-state index in [9.17, 15) is 14.4 Å². The average molecular weight is 441 g/mol. The first-order valence-electron chi connectivity index (χ1n) is 9.77. The lowest BCUT2D eigenvalue weighted by atomic mass is 9.88. The second-order valence-electron chi connectivity index (χ2n) is 7.31. The number of nitrogens with one attached hydrogen (secondary N) is 1. The molecule has 8 heteroatoms. The third kappa shape index (κ3) is 3.77. The van der Waals surface area contributed by atoms with Gasteiger partial charge in [0.2, 0.25) is 5.91 Å². The molecule has 1 aromatic heterocycles. The van der Waals surface area contributed by atoms with Crippen LogP contribution in [0.3, 0.4) is 0 Å². The number of H-pyrrole nitrogens is 1. The molecule has 0 saturated carbocycles. The van der Waals surface area contributed by atoms with Crippen LogP contribution in [0.15, 0.2) is 48.5 Å². The van der Waals surface area contributed by atoms with Crippen LogP contribution < -0.4 is 4.74 Å². The summed E-state index contributed by atoms with van der Waals surface area (Å²) in [7, 11) is 1.30. The number of halogens is 1. The average Bonchev–Trinajstić information content (AvgIpc) is 3.15. The molecule has 0 radical (unpaired) electrons. The number of para-hydroxylation sites is 1. The maximum atomic E-state index is 12.9. The molecular formula is C23H21ClN2O5. The molecule has 0 fully saturated rings. The van der Waals surface area contributed by atoms with Crippen LogP contribution in [0.25, 0.3) is 10.9 Å². The number of rotatable bonds is 4. The van der Waals surface area contributed by atoms with Crippen LogP contribution in [0.5, 0.6) is 5.75 Å². The van der Waals surface area contributed by atoms with Gasteiger partial charge in [-0.2, -0.15) is 0 Å². The molecule has 4 rings (SSSR count). The highest BCUT2D eigenvalue weighted by Gasteiger charge is 2.43. The van der Waals surface area contributed by atoms with Gasteiger partial charge < -0.3 is 19.4 Å². The number of hydrogen-bond donors (Lipinski definition) is 1. The molecule has 2 heterocycles. The van der Waals surface area contributed by atoms with Crippen LogP contribution in [0.4, 0.5) is 0 Å². The Kier molecular flexibility index (Phi) is 5.69. The lowest BCUT2D eigenvalue weighted by Crippen LogP contribution is -2.52. The van der Waals surface area contributed by atoms with Crippen molar-refractivity contribution in [2.45, 2.75) is 25.4 Å². The molecule has 0 aliphatic carbocycles. The van der Waals surface area contributed by atoms with Gasteiger partial charge in [0, 0.05) is 29.9 Å². The smallest absolute Gasteiger partial charge is 0.328 e. The van der Waals surface area contributed by atoms with Crippen molar-refractivity contribution in [1.82, 2.24) is 9.88 Å². The zero-order chi connectivity index (χ0) is 22.1. The number of alkyl halides is 1. The normalized spacial score (nSPS) is 17.8. The molecule has 1 N–H and O–H groups in total. The number of methoxy groups -OCH3 is 1. The minimum absolute atomic E-state index is 0.273. The number of carbonyl (C=O) groups excluding carboxylic acids is 3. The molecule has 1 aliphatic rings. The van der Waals surface area contributed by atoms with Gasteiger partial charge in [0.05, 0.1) is 13.2 Å². The number of amides is 1. The number of aromatic nitrogens is 1. The number of esters is 2. The van der Waals surface area contributed by atoms with Gasteiger partial charge in [0.25, 0.3) is 0 Å². The van der Waals surface area contributed by atoms with Crippen molar-refractivity contribution in [2.75, 3.05) is 13.0 Å². The summed E-state index contributed by atoms with van der Waals surface area (Å²) in [6.45, 7) is 1.33. The first-order valence-corrected chi connectivity index (χ1v) is 10.3. The van der Waals surface area contributed by atoms with Crippen molar-refractivity contribution < 1.29 is 23.9 Å². The number of aromatic amines is 1. The Labute approximate surface area is 183 Å².